The van der Waals surface area contributed by atoms with E-state index >= 15 is 0 Å². The van der Waals surface area contributed by atoms with E-state index in [1.165, 1.54) is 38.5 Å². The van der Waals surface area contributed by atoms with Gasteiger partial charge in [0.1, 0.15) is 0 Å². The summed E-state index contributed by atoms with van der Waals surface area (Å²) in [5.41, 5.74) is 0. The van der Waals surface area contributed by atoms with E-state index in [-0.39, 0.29) is 14.9 Å². The van der Waals surface area contributed by atoms with Crippen LogP contribution in [0.15, 0.2) is 12.2 Å². The van der Waals surface area contributed by atoms with E-state index in [2.05, 4.69) is 19.1 Å². The van der Waals surface area contributed by atoms with Crippen LogP contribution in [0.4, 0.5) is 0 Å². The lowest BCUT2D eigenvalue weighted by atomic mass is 10.0. The van der Waals surface area contributed by atoms with Crippen molar-refractivity contribution in [3.05, 3.63) is 12.2 Å². The smallest absolute Gasteiger partial charge is 0.0322 e. The quantitative estimate of drug-likeness (QED) is 0.533. The molecule has 0 aromatic carbocycles. The van der Waals surface area contributed by atoms with E-state index in [1.54, 1.807) is 0 Å². The summed E-state index contributed by atoms with van der Waals surface area (Å²) in [6, 6.07) is 0. The molecule has 0 heterocycles. The van der Waals surface area contributed by atoms with E-state index in [0.717, 1.165) is 5.92 Å². The molecule has 0 aliphatic heterocycles. The van der Waals surface area contributed by atoms with Gasteiger partial charge in [-0.25, -0.2) is 0 Å². The molecule has 0 spiro atoms. The summed E-state index contributed by atoms with van der Waals surface area (Å²) < 4.78 is 0. The van der Waals surface area contributed by atoms with Crippen molar-refractivity contribution in [2.45, 2.75) is 60.3 Å². The molecule has 1 rings (SSSR count). The van der Waals surface area contributed by atoms with E-state index < -0.39 is 0 Å². The second-order valence-corrected chi connectivity index (χ2v) is 3.27. The second kappa shape index (κ2) is 8.83. The minimum atomic E-state index is 0. The Morgan fingerprint density at radius 3 is 2.17 bits per heavy atom. The fourth-order valence-electron chi connectivity index (χ4n) is 1.70. The molecule has 0 N–H and O–H groups in total. The SMILES string of the molecule is C.C.CC/C=C/CC1CCCC1. The Labute approximate surface area is 79.1 Å². The van der Waals surface area contributed by atoms with E-state index in [1.807, 2.05) is 0 Å². The highest BCUT2D eigenvalue weighted by Crippen LogP contribution is 2.27. The van der Waals surface area contributed by atoms with Crippen molar-refractivity contribution in [2.75, 3.05) is 0 Å². The molecule has 0 atom stereocenters. The molecule has 12 heavy (non-hydrogen) atoms. The molecule has 0 aromatic rings. The zero-order valence-corrected chi connectivity index (χ0v) is 6.97. The Balaban J connectivity index is 0. The topological polar surface area (TPSA) is 0 Å². The fraction of sp³-hybridized carbons (Fsp3) is 0.833. The molecule has 1 fully saturated rings. The van der Waals surface area contributed by atoms with Crippen molar-refractivity contribution < 1.29 is 0 Å². The van der Waals surface area contributed by atoms with Crippen molar-refractivity contribution in [2.24, 2.45) is 5.92 Å². The average molecular weight is 170 g/mol. The Bertz CT molecular complexity index is 96.6. The van der Waals surface area contributed by atoms with Crippen molar-refractivity contribution >= 4 is 0 Å². The minimum absolute atomic E-state index is 0. The maximum Gasteiger partial charge on any atom is -0.0322 e. The van der Waals surface area contributed by atoms with Crippen LogP contribution in [-0.4, -0.2) is 0 Å². The molecule has 0 amide bonds. The molecule has 74 valence electrons. The van der Waals surface area contributed by atoms with Crippen LogP contribution >= 0.6 is 0 Å². The van der Waals surface area contributed by atoms with Crippen molar-refractivity contribution in [1.29, 1.82) is 0 Å². The van der Waals surface area contributed by atoms with Crippen LogP contribution in [0.1, 0.15) is 60.3 Å². The highest BCUT2D eigenvalue weighted by molar-refractivity contribution is 4.84. The lowest BCUT2D eigenvalue weighted by Crippen LogP contribution is -1.88. The third-order valence-electron chi connectivity index (χ3n) is 2.35. The maximum absolute atomic E-state index is 2.36. The summed E-state index contributed by atoms with van der Waals surface area (Å²) in [6.45, 7) is 2.20. The number of allylic oxidation sites excluding steroid dienone is 2. The maximum atomic E-state index is 2.36. The van der Waals surface area contributed by atoms with E-state index in [0.29, 0.717) is 0 Å². The summed E-state index contributed by atoms with van der Waals surface area (Å²) in [4.78, 5) is 0. The van der Waals surface area contributed by atoms with E-state index in [4.69, 9.17) is 0 Å². The molecule has 1 aliphatic carbocycles. The minimum Gasteiger partial charge on any atom is -0.0888 e. The highest BCUT2D eigenvalue weighted by atomic mass is 14.2. The van der Waals surface area contributed by atoms with Gasteiger partial charge in [0.15, 0.2) is 0 Å². The standard InChI is InChI=1S/C10H18.2CH4/c1-2-3-4-7-10-8-5-6-9-10;;/h3-4,10H,2,5-9H2,1H3;2*1H4/b4-3+;;. The first-order valence-electron chi connectivity index (χ1n) is 4.58. The Kier molecular flexibility index (Phi) is 10.5. The predicted molar refractivity (Wildman–Crippen MR) is 59.5 cm³/mol. The molecule has 0 heteroatoms. The van der Waals surface area contributed by atoms with Crippen molar-refractivity contribution in [3.8, 4) is 0 Å². The normalized spacial score (nSPS) is 17.4. The average Bonchev–Trinajstić information content (AvgIpc) is 2.41. The molecule has 0 aromatic heterocycles. The van der Waals surface area contributed by atoms with Gasteiger partial charge >= 0.3 is 0 Å². The van der Waals surface area contributed by atoms with Gasteiger partial charge in [-0.2, -0.15) is 0 Å². The molecular weight excluding hydrogens is 144 g/mol. The predicted octanol–water partition coefficient (Wildman–Crippen LogP) is 4.81. The van der Waals surface area contributed by atoms with Gasteiger partial charge in [-0.1, -0.05) is 59.6 Å². The first kappa shape index (κ1) is 14.3. The Morgan fingerprint density at radius 2 is 1.67 bits per heavy atom. The van der Waals surface area contributed by atoms with Gasteiger partial charge < -0.3 is 0 Å². The molecule has 0 bridgehead atoms. The van der Waals surface area contributed by atoms with Crippen LogP contribution in [0.3, 0.4) is 0 Å². The number of hydrogen-bond acceptors (Lipinski definition) is 0. The lowest BCUT2D eigenvalue weighted by molar-refractivity contribution is 0.557. The van der Waals surface area contributed by atoms with Crippen LogP contribution in [0.5, 0.6) is 0 Å². The first-order chi connectivity index (χ1) is 4.93. The van der Waals surface area contributed by atoms with Gasteiger partial charge in [-0.15, -0.1) is 0 Å². The zero-order chi connectivity index (χ0) is 7.23. The Hall–Kier alpha value is -0.260. The Morgan fingerprint density at radius 1 is 1.08 bits per heavy atom. The fourth-order valence-corrected chi connectivity index (χ4v) is 1.70. The summed E-state index contributed by atoms with van der Waals surface area (Å²) >= 11 is 0. The van der Waals surface area contributed by atoms with Crippen molar-refractivity contribution in [1.82, 2.24) is 0 Å². The van der Waals surface area contributed by atoms with Crippen LogP contribution in [0.2, 0.25) is 0 Å². The molecule has 1 saturated carbocycles. The largest absolute Gasteiger partial charge is 0.0888 e. The third-order valence-corrected chi connectivity index (χ3v) is 2.35. The number of hydrogen-bond donors (Lipinski definition) is 0. The lowest BCUT2D eigenvalue weighted by Gasteiger charge is -2.02. The van der Waals surface area contributed by atoms with Gasteiger partial charge in [-0.3, -0.25) is 0 Å². The highest BCUT2D eigenvalue weighted by Gasteiger charge is 2.12. The number of rotatable bonds is 3. The molecule has 0 radical (unpaired) electrons. The van der Waals surface area contributed by atoms with Gasteiger partial charge in [0, 0.05) is 0 Å². The van der Waals surface area contributed by atoms with Gasteiger partial charge in [0.25, 0.3) is 0 Å². The summed E-state index contributed by atoms with van der Waals surface area (Å²) in [5.74, 6) is 1.03. The molecule has 0 saturated heterocycles. The van der Waals surface area contributed by atoms with Gasteiger partial charge in [-0.05, 0) is 18.8 Å². The molecule has 0 unspecified atom stereocenters. The van der Waals surface area contributed by atoms with Crippen LogP contribution < -0.4 is 0 Å². The monoisotopic (exact) mass is 170 g/mol. The second-order valence-electron chi connectivity index (χ2n) is 3.27. The summed E-state index contributed by atoms with van der Waals surface area (Å²) in [5, 5.41) is 0. The molecular formula is C12H26. The van der Waals surface area contributed by atoms with Crippen LogP contribution in [-0.2, 0) is 0 Å². The van der Waals surface area contributed by atoms with Crippen LogP contribution in [0.25, 0.3) is 0 Å². The summed E-state index contributed by atoms with van der Waals surface area (Å²) in [7, 11) is 0. The third kappa shape index (κ3) is 5.40. The first-order valence-corrected chi connectivity index (χ1v) is 4.58. The van der Waals surface area contributed by atoms with Gasteiger partial charge in [0.2, 0.25) is 0 Å². The van der Waals surface area contributed by atoms with E-state index in [9.17, 15) is 0 Å². The van der Waals surface area contributed by atoms with Gasteiger partial charge in [0.05, 0.1) is 0 Å². The van der Waals surface area contributed by atoms with Crippen LogP contribution in [0, 0.1) is 5.92 Å². The molecule has 0 nitrogen and oxygen atoms in total. The molecule has 1 aliphatic rings. The zero-order valence-electron chi connectivity index (χ0n) is 6.97. The summed E-state index contributed by atoms with van der Waals surface area (Å²) in [6.07, 6.45) is 13.1. The van der Waals surface area contributed by atoms with Crippen molar-refractivity contribution in [3.63, 3.8) is 0 Å².